The van der Waals surface area contributed by atoms with Crippen LogP contribution in [0.4, 0.5) is 8.78 Å². The van der Waals surface area contributed by atoms with E-state index in [2.05, 4.69) is 4.74 Å². The van der Waals surface area contributed by atoms with Gasteiger partial charge in [0.25, 0.3) is 0 Å². The van der Waals surface area contributed by atoms with E-state index >= 15 is 0 Å². The lowest BCUT2D eigenvalue weighted by atomic mass is 9.82. The highest BCUT2D eigenvalue weighted by atomic mass is 19.3. The van der Waals surface area contributed by atoms with Gasteiger partial charge in [-0.3, -0.25) is 4.74 Å². The molecule has 0 rings (SSSR count). The number of rotatable bonds is 7. The maximum absolute atomic E-state index is 12.0. The fourth-order valence-corrected chi connectivity index (χ4v) is 1.70. The molecule has 0 aliphatic heterocycles. The smallest absolute Gasteiger partial charge is 0.347 e. The van der Waals surface area contributed by atoms with Crippen molar-refractivity contribution in [3.05, 3.63) is 12.2 Å². The molecule has 0 saturated heterocycles. The molecule has 96 valence electrons. The quantitative estimate of drug-likeness (QED) is 0.542. The van der Waals surface area contributed by atoms with Gasteiger partial charge in [0.1, 0.15) is 0 Å². The van der Waals surface area contributed by atoms with Crippen LogP contribution in [-0.4, -0.2) is 18.0 Å². The van der Waals surface area contributed by atoms with Crippen molar-refractivity contribution in [2.45, 2.75) is 47.0 Å². The average molecular weight is 236 g/mol. The van der Waals surface area contributed by atoms with Crippen molar-refractivity contribution in [2.75, 3.05) is 0 Å². The number of aliphatic hydroxyl groups is 1. The van der Waals surface area contributed by atoms with Crippen LogP contribution in [-0.2, 0) is 4.74 Å². The number of aliphatic hydroxyl groups excluding tert-OH is 1. The Bertz CT molecular complexity index is 207. The van der Waals surface area contributed by atoms with Crippen LogP contribution in [0.3, 0.4) is 0 Å². The third-order valence-corrected chi connectivity index (χ3v) is 3.13. The highest BCUT2D eigenvalue weighted by Gasteiger charge is 2.28. The Kier molecular flexibility index (Phi) is 7.51. The first-order valence-electron chi connectivity index (χ1n) is 5.68. The van der Waals surface area contributed by atoms with E-state index in [0.717, 1.165) is 6.42 Å². The Labute approximate surface area is 96.3 Å². The molecule has 0 heterocycles. The average Bonchev–Trinajstić information content (AvgIpc) is 2.22. The lowest BCUT2D eigenvalue weighted by Gasteiger charge is -2.29. The SMILES string of the molecule is C/C=C/[C@H](C(O)OC(F)F)[C@H](C)[C@@H](C)CC. The summed E-state index contributed by atoms with van der Waals surface area (Å²) in [5, 5.41) is 9.57. The number of hydrogen-bond acceptors (Lipinski definition) is 2. The molecule has 0 aromatic heterocycles. The molecule has 4 heteroatoms. The van der Waals surface area contributed by atoms with E-state index in [1.807, 2.05) is 20.8 Å². The number of allylic oxidation sites excluding steroid dienone is 1. The van der Waals surface area contributed by atoms with Crippen LogP contribution in [0.25, 0.3) is 0 Å². The summed E-state index contributed by atoms with van der Waals surface area (Å²) in [6.07, 6.45) is 2.97. The van der Waals surface area contributed by atoms with E-state index in [0.29, 0.717) is 5.92 Å². The second-order valence-corrected chi connectivity index (χ2v) is 4.14. The van der Waals surface area contributed by atoms with Gasteiger partial charge < -0.3 is 5.11 Å². The first-order chi connectivity index (χ1) is 7.43. The minimum atomic E-state index is -2.94. The fourth-order valence-electron chi connectivity index (χ4n) is 1.70. The van der Waals surface area contributed by atoms with Crippen LogP contribution < -0.4 is 0 Å². The zero-order chi connectivity index (χ0) is 12.7. The molecular formula is C12H22F2O2. The fraction of sp³-hybridized carbons (Fsp3) is 0.833. The third-order valence-electron chi connectivity index (χ3n) is 3.13. The molecule has 0 aliphatic carbocycles. The summed E-state index contributed by atoms with van der Waals surface area (Å²) in [6, 6.07) is 0. The molecule has 0 bridgehead atoms. The summed E-state index contributed by atoms with van der Waals surface area (Å²) in [7, 11) is 0. The molecule has 0 saturated carbocycles. The molecule has 1 N–H and O–H groups in total. The van der Waals surface area contributed by atoms with E-state index in [1.54, 1.807) is 19.1 Å². The molecule has 0 amide bonds. The normalized spacial score (nSPS) is 20.0. The van der Waals surface area contributed by atoms with Crippen LogP contribution in [0.15, 0.2) is 12.2 Å². The van der Waals surface area contributed by atoms with E-state index in [9.17, 15) is 13.9 Å². The van der Waals surface area contributed by atoms with Crippen molar-refractivity contribution >= 4 is 0 Å². The van der Waals surface area contributed by atoms with Crippen molar-refractivity contribution in [3.63, 3.8) is 0 Å². The summed E-state index contributed by atoms with van der Waals surface area (Å²) < 4.78 is 28.2. The molecule has 0 aromatic rings. The van der Waals surface area contributed by atoms with Gasteiger partial charge in [-0.2, -0.15) is 8.78 Å². The highest BCUT2D eigenvalue weighted by Crippen LogP contribution is 2.28. The Morgan fingerprint density at radius 2 is 1.88 bits per heavy atom. The molecular weight excluding hydrogens is 214 g/mol. The van der Waals surface area contributed by atoms with Gasteiger partial charge in [-0.25, -0.2) is 0 Å². The number of ether oxygens (including phenoxy) is 1. The molecule has 16 heavy (non-hydrogen) atoms. The molecule has 0 spiro atoms. The molecule has 0 aromatic carbocycles. The van der Waals surface area contributed by atoms with Crippen LogP contribution >= 0.6 is 0 Å². The van der Waals surface area contributed by atoms with Crippen LogP contribution in [0.5, 0.6) is 0 Å². The van der Waals surface area contributed by atoms with Crippen molar-refractivity contribution in [3.8, 4) is 0 Å². The van der Waals surface area contributed by atoms with Gasteiger partial charge in [-0.1, -0.05) is 39.3 Å². The third kappa shape index (κ3) is 5.03. The summed E-state index contributed by atoms with van der Waals surface area (Å²) in [6.45, 7) is 4.87. The van der Waals surface area contributed by atoms with Crippen LogP contribution in [0.2, 0.25) is 0 Å². The summed E-state index contributed by atoms with van der Waals surface area (Å²) >= 11 is 0. The predicted octanol–water partition coefficient (Wildman–Crippen LogP) is 3.42. The number of alkyl halides is 2. The highest BCUT2D eigenvalue weighted by molar-refractivity contribution is 4.91. The van der Waals surface area contributed by atoms with Crippen molar-refractivity contribution < 1.29 is 18.6 Å². The lowest BCUT2D eigenvalue weighted by molar-refractivity contribution is -0.245. The van der Waals surface area contributed by atoms with Crippen molar-refractivity contribution in [2.24, 2.45) is 17.8 Å². The second-order valence-electron chi connectivity index (χ2n) is 4.14. The zero-order valence-corrected chi connectivity index (χ0v) is 10.4. The minimum Gasteiger partial charge on any atom is -0.367 e. The van der Waals surface area contributed by atoms with Gasteiger partial charge in [0.2, 0.25) is 0 Å². The molecule has 2 nitrogen and oxygen atoms in total. The van der Waals surface area contributed by atoms with Gasteiger partial charge >= 0.3 is 6.61 Å². The van der Waals surface area contributed by atoms with E-state index in [-0.39, 0.29) is 5.92 Å². The Morgan fingerprint density at radius 3 is 2.25 bits per heavy atom. The first-order valence-corrected chi connectivity index (χ1v) is 5.68. The Morgan fingerprint density at radius 1 is 1.31 bits per heavy atom. The van der Waals surface area contributed by atoms with E-state index in [1.165, 1.54) is 0 Å². The molecule has 1 unspecified atom stereocenters. The van der Waals surface area contributed by atoms with Gasteiger partial charge in [-0.15, -0.1) is 0 Å². The zero-order valence-electron chi connectivity index (χ0n) is 10.4. The molecule has 4 atom stereocenters. The minimum absolute atomic E-state index is 0.0925. The second kappa shape index (κ2) is 7.74. The largest absolute Gasteiger partial charge is 0.367 e. The molecule has 0 fully saturated rings. The maximum Gasteiger partial charge on any atom is 0.347 e. The predicted molar refractivity (Wildman–Crippen MR) is 60.0 cm³/mol. The summed E-state index contributed by atoms with van der Waals surface area (Å²) in [5.41, 5.74) is 0. The van der Waals surface area contributed by atoms with Gasteiger partial charge in [0.05, 0.1) is 0 Å². The van der Waals surface area contributed by atoms with Gasteiger partial charge in [0.15, 0.2) is 6.29 Å². The Balaban J connectivity index is 4.58. The molecule has 0 aliphatic rings. The standard InChI is InChI=1S/C12H22F2O2/c1-5-7-10(9(4)8(3)6-2)11(15)16-12(13)14/h5,7-12,15H,6H2,1-4H3/b7-5+/t8-,9+,10-,11?/m0/s1. The van der Waals surface area contributed by atoms with Crippen molar-refractivity contribution in [1.82, 2.24) is 0 Å². The molecule has 0 radical (unpaired) electrons. The van der Waals surface area contributed by atoms with Gasteiger partial charge in [0, 0.05) is 5.92 Å². The summed E-state index contributed by atoms with van der Waals surface area (Å²) in [4.78, 5) is 0. The first kappa shape index (κ1) is 15.5. The van der Waals surface area contributed by atoms with E-state index in [4.69, 9.17) is 0 Å². The van der Waals surface area contributed by atoms with E-state index < -0.39 is 18.8 Å². The van der Waals surface area contributed by atoms with Crippen molar-refractivity contribution in [1.29, 1.82) is 0 Å². The number of halogens is 2. The topological polar surface area (TPSA) is 29.5 Å². The lowest BCUT2D eigenvalue weighted by Crippen LogP contribution is -2.32. The maximum atomic E-state index is 12.0. The summed E-state index contributed by atoms with van der Waals surface area (Å²) in [5.74, 6) is 0.0426. The van der Waals surface area contributed by atoms with Crippen LogP contribution in [0.1, 0.15) is 34.1 Å². The van der Waals surface area contributed by atoms with Crippen LogP contribution in [0, 0.1) is 17.8 Å². The Hall–Kier alpha value is -0.480. The van der Waals surface area contributed by atoms with Gasteiger partial charge in [-0.05, 0) is 18.8 Å². The number of hydrogen-bond donors (Lipinski definition) is 1. The monoisotopic (exact) mass is 236 g/mol.